The first-order valence-electron chi connectivity index (χ1n) is 7.04. The van der Waals surface area contributed by atoms with Crippen LogP contribution in [0.2, 0.25) is 0 Å². The Hall–Kier alpha value is -1.48. The van der Waals surface area contributed by atoms with Gasteiger partial charge in [0.05, 0.1) is 6.10 Å². The smallest absolute Gasteiger partial charge is 0.120 e. The van der Waals surface area contributed by atoms with Crippen molar-refractivity contribution in [2.75, 3.05) is 13.2 Å². The standard InChI is InChI=1S/C16H23NO2/c1-4-18-11-5-9-17-10-8-14-12-15(19-13(2)3)6-7-16(14)17/h6-8,10,12-13H,4-5,9,11H2,1-3H3. The number of hydrogen-bond donors (Lipinski definition) is 0. The van der Waals surface area contributed by atoms with Crippen LogP contribution in [0.3, 0.4) is 0 Å². The van der Waals surface area contributed by atoms with Crippen molar-refractivity contribution in [2.24, 2.45) is 0 Å². The van der Waals surface area contributed by atoms with Crippen molar-refractivity contribution >= 4 is 10.9 Å². The number of nitrogens with zero attached hydrogens (tertiary/aromatic N) is 1. The van der Waals surface area contributed by atoms with Gasteiger partial charge in [0.25, 0.3) is 0 Å². The van der Waals surface area contributed by atoms with E-state index in [1.807, 2.05) is 26.8 Å². The molecule has 1 aromatic heterocycles. The maximum atomic E-state index is 5.72. The minimum atomic E-state index is 0.214. The molecular formula is C16H23NO2. The van der Waals surface area contributed by atoms with Crippen LogP contribution in [0.15, 0.2) is 30.5 Å². The number of hydrogen-bond acceptors (Lipinski definition) is 2. The van der Waals surface area contributed by atoms with Gasteiger partial charge >= 0.3 is 0 Å². The summed E-state index contributed by atoms with van der Waals surface area (Å²) < 4.78 is 13.4. The van der Waals surface area contributed by atoms with Crippen molar-refractivity contribution in [3.05, 3.63) is 30.5 Å². The molecule has 0 aliphatic heterocycles. The van der Waals surface area contributed by atoms with Gasteiger partial charge in [0.15, 0.2) is 0 Å². The predicted molar refractivity (Wildman–Crippen MR) is 78.8 cm³/mol. The molecule has 0 N–H and O–H groups in total. The highest BCUT2D eigenvalue weighted by atomic mass is 16.5. The number of ether oxygens (including phenoxy) is 2. The summed E-state index contributed by atoms with van der Waals surface area (Å²) in [5.41, 5.74) is 1.26. The summed E-state index contributed by atoms with van der Waals surface area (Å²) in [6.45, 7) is 8.73. The molecule has 0 radical (unpaired) electrons. The van der Waals surface area contributed by atoms with E-state index in [0.717, 1.165) is 31.9 Å². The lowest BCUT2D eigenvalue weighted by Crippen LogP contribution is -2.05. The Labute approximate surface area is 115 Å². The van der Waals surface area contributed by atoms with Gasteiger partial charge in [-0.1, -0.05) is 0 Å². The third-order valence-electron chi connectivity index (χ3n) is 3.01. The second kappa shape index (κ2) is 6.62. The van der Waals surface area contributed by atoms with Crippen molar-refractivity contribution < 1.29 is 9.47 Å². The van der Waals surface area contributed by atoms with E-state index < -0.39 is 0 Å². The van der Waals surface area contributed by atoms with E-state index >= 15 is 0 Å². The van der Waals surface area contributed by atoms with E-state index in [1.165, 1.54) is 10.9 Å². The Bertz CT molecular complexity index is 516. The quantitative estimate of drug-likeness (QED) is 0.707. The maximum Gasteiger partial charge on any atom is 0.120 e. The molecular weight excluding hydrogens is 238 g/mol. The first kappa shape index (κ1) is 13.9. The molecule has 2 rings (SSSR count). The number of benzene rings is 1. The molecule has 3 nitrogen and oxygen atoms in total. The average Bonchev–Trinajstić information content (AvgIpc) is 2.76. The van der Waals surface area contributed by atoms with Gasteiger partial charge in [0.1, 0.15) is 5.75 Å². The molecule has 0 aliphatic rings. The number of fused-ring (bicyclic) bond motifs is 1. The van der Waals surface area contributed by atoms with Gasteiger partial charge in [0.2, 0.25) is 0 Å². The van der Waals surface area contributed by atoms with E-state index in [0.29, 0.717) is 0 Å². The minimum Gasteiger partial charge on any atom is -0.491 e. The van der Waals surface area contributed by atoms with E-state index in [1.54, 1.807) is 0 Å². The molecule has 0 aliphatic carbocycles. The fraction of sp³-hybridized carbons (Fsp3) is 0.500. The van der Waals surface area contributed by atoms with Crippen molar-refractivity contribution in [1.82, 2.24) is 4.57 Å². The lowest BCUT2D eigenvalue weighted by atomic mass is 10.2. The molecule has 0 atom stereocenters. The normalized spacial score (nSPS) is 11.4. The van der Waals surface area contributed by atoms with Gasteiger partial charge in [-0.25, -0.2) is 0 Å². The van der Waals surface area contributed by atoms with Crippen molar-refractivity contribution in [3.63, 3.8) is 0 Å². The van der Waals surface area contributed by atoms with Gasteiger partial charge in [-0.05, 0) is 51.5 Å². The summed E-state index contributed by atoms with van der Waals surface area (Å²) >= 11 is 0. The summed E-state index contributed by atoms with van der Waals surface area (Å²) in [4.78, 5) is 0. The molecule has 0 saturated carbocycles. The van der Waals surface area contributed by atoms with Crippen molar-refractivity contribution in [1.29, 1.82) is 0 Å². The largest absolute Gasteiger partial charge is 0.491 e. The Kier molecular flexibility index (Phi) is 4.86. The molecule has 1 heterocycles. The van der Waals surface area contributed by atoms with Gasteiger partial charge < -0.3 is 14.0 Å². The fourth-order valence-electron chi connectivity index (χ4n) is 2.20. The topological polar surface area (TPSA) is 23.4 Å². The molecule has 0 bridgehead atoms. The van der Waals surface area contributed by atoms with Crippen LogP contribution in [0.25, 0.3) is 10.9 Å². The number of aryl methyl sites for hydroxylation is 1. The lowest BCUT2D eigenvalue weighted by Gasteiger charge is -2.10. The van der Waals surface area contributed by atoms with Crippen LogP contribution in [-0.4, -0.2) is 23.9 Å². The number of aromatic nitrogens is 1. The van der Waals surface area contributed by atoms with Crippen LogP contribution in [0.1, 0.15) is 27.2 Å². The maximum absolute atomic E-state index is 5.72. The third-order valence-corrected chi connectivity index (χ3v) is 3.01. The first-order valence-corrected chi connectivity index (χ1v) is 7.04. The lowest BCUT2D eigenvalue weighted by molar-refractivity contribution is 0.142. The van der Waals surface area contributed by atoms with Gasteiger partial charge in [-0.2, -0.15) is 0 Å². The highest BCUT2D eigenvalue weighted by molar-refractivity contribution is 5.81. The molecule has 2 aromatic rings. The molecule has 0 fully saturated rings. The first-order chi connectivity index (χ1) is 9.20. The Morgan fingerprint density at radius 2 is 2.05 bits per heavy atom. The second-order valence-electron chi connectivity index (χ2n) is 4.95. The molecule has 3 heteroatoms. The van der Waals surface area contributed by atoms with E-state index in [2.05, 4.69) is 29.0 Å². The van der Waals surface area contributed by atoms with Crippen LogP contribution in [0, 0.1) is 0 Å². The van der Waals surface area contributed by atoms with Crippen molar-refractivity contribution in [2.45, 2.75) is 39.8 Å². The summed E-state index contributed by atoms with van der Waals surface area (Å²) in [5, 5.41) is 1.23. The monoisotopic (exact) mass is 261 g/mol. The van der Waals surface area contributed by atoms with Crippen LogP contribution in [0.5, 0.6) is 5.75 Å². The summed E-state index contributed by atoms with van der Waals surface area (Å²) in [7, 11) is 0. The second-order valence-corrected chi connectivity index (χ2v) is 4.95. The molecule has 0 spiro atoms. The zero-order valence-corrected chi connectivity index (χ0v) is 12.1. The molecule has 19 heavy (non-hydrogen) atoms. The summed E-state index contributed by atoms with van der Waals surface area (Å²) in [6.07, 6.45) is 3.39. The Balaban J connectivity index is 2.06. The molecule has 0 saturated heterocycles. The minimum absolute atomic E-state index is 0.214. The highest BCUT2D eigenvalue weighted by Crippen LogP contribution is 2.23. The average molecular weight is 261 g/mol. The Morgan fingerprint density at radius 3 is 2.79 bits per heavy atom. The van der Waals surface area contributed by atoms with E-state index in [-0.39, 0.29) is 6.10 Å². The van der Waals surface area contributed by atoms with Crippen LogP contribution < -0.4 is 4.74 Å². The van der Waals surface area contributed by atoms with Crippen LogP contribution in [-0.2, 0) is 11.3 Å². The van der Waals surface area contributed by atoms with Crippen LogP contribution >= 0.6 is 0 Å². The van der Waals surface area contributed by atoms with Gasteiger partial charge in [-0.3, -0.25) is 0 Å². The third kappa shape index (κ3) is 3.74. The van der Waals surface area contributed by atoms with Crippen LogP contribution in [0.4, 0.5) is 0 Å². The van der Waals surface area contributed by atoms with Crippen molar-refractivity contribution in [3.8, 4) is 5.75 Å². The Morgan fingerprint density at radius 1 is 1.21 bits per heavy atom. The number of rotatable bonds is 7. The van der Waals surface area contributed by atoms with Gasteiger partial charge in [0, 0.05) is 36.9 Å². The predicted octanol–water partition coefficient (Wildman–Crippen LogP) is 3.86. The summed E-state index contributed by atoms with van der Waals surface area (Å²) in [6, 6.07) is 8.42. The molecule has 0 unspecified atom stereocenters. The SMILES string of the molecule is CCOCCCn1ccc2cc(OC(C)C)ccc21. The molecule has 104 valence electrons. The zero-order chi connectivity index (χ0) is 13.7. The van der Waals surface area contributed by atoms with E-state index in [9.17, 15) is 0 Å². The summed E-state index contributed by atoms with van der Waals surface area (Å²) in [5.74, 6) is 0.939. The van der Waals surface area contributed by atoms with E-state index in [4.69, 9.17) is 9.47 Å². The zero-order valence-electron chi connectivity index (χ0n) is 12.1. The fourth-order valence-corrected chi connectivity index (χ4v) is 2.20. The molecule has 1 aromatic carbocycles. The van der Waals surface area contributed by atoms with Gasteiger partial charge in [-0.15, -0.1) is 0 Å². The molecule has 0 amide bonds. The highest BCUT2D eigenvalue weighted by Gasteiger charge is 2.04.